The second-order valence-electron chi connectivity index (χ2n) is 5.46. The SMILES string of the molecule is O=C(c1ccnc(Br)c1)N(CC1CC1)CC1CC1. The van der Waals surface area contributed by atoms with Gasteiger partial charge in [-0.15, -0.1) is 0 Å². The lowest BCUT2D eigenvalue weighted by Crippen LogP contribution is -2.34. The zero-order valence-corrected chi connectivity index (χ0v) is 11.9. The Morgan fingerprint density at radius 2 is 1.89 bits per heavy atom. The molecule has 0 radical (unpaired) electrons. The van der Waals surface area contributed by atoms with E-state index in [0.717, 1.165) is 35.1 Å². The highest BCUT2D eigenvalue weighted by Crippen LogP contribution is 2.34. The van der Waals surface area contributed by atoms with Crippen LogP contribution >= 0.6 is 15.9 Å². The number of carbonyl (C=O) groups is 1. The number of aromatic nitrogens is 1. The summed E-state index contributed by atoms with van der Waals surface area (Å²) in [4.78, 5) is 18.6. The molecule has 4 heteroatoms. The van der Waals surface area contributed by atoms with Crippen LogP contribution in [-0.2, 0) is 0 Å². The van der Waals surface area contributed by atoms with Crippen molar-refractivity contribution in [2.75, 3.05) is 13.1 Å². The van der Waals surface area contributed by atoms with Crippen LogP contribution in [-0.4, -0.2) is 28.9 Å². The molecule has 1 amide bonds. The number of pyridine rings is 1. The number of rotatable bonds is 5. The first-order valence-electron chi connectivity index (χ1n) is 6.63. The average molecular weight is 309 g/mol. The molecule has 3 nitrogen and oxygen atoms in total. The van der Waals surface area contributed by atoms with E-state index in [-0.39, 0.29) is 5.91 Å². The predicted molar refractivity (Wildman–Crippen MR) is 73.3 cm³/mol. The maximum Gasteiger partial charge on any atom is 0.254 e. The van der Waals surface area contributed by atoms with Crippen molar-refractivity contribution in [3.63, 3.8) is 0 Å². The van der Waals surface area contributed by atoms with Crippen LogP contribution in [0.3, 0.4) is 0 Å². The minimum atomic E-state index is 0.164. The molecule has 0 saturated heterocycles. The molecular formula is C14H17BrN2O. The molecule has 0 unspecified atom stereocenters. The average Bonchev–Trinajstić information content (AvgIpc) is 3.22. The van der Waals surface area contributed by atoms with E-state index in [0.29, 0.717) is 0 Å². The number of hydrogen-bond acceptors (Lipinski definition) is 2. The summed E-state index contributed by atoms with van der Waals surface area (Å²) < 4.78 is 0.728. The fourth-order valence-electron chi connectivity index (χ4n) is 2.18. The highest BCUT2D eigenvalue weighted by molar-refractivity contribution is 9.10. The van der Waals surface area contributed by atoms with E-state index in [1.165, 1.54) is 25.7 Å². The third-order valence-corrected chi connectivity index (χ3v) is 4.05. The highest BCUT2D eigenvalue weighted by Gasteiger charge is 2.31. The number of carbonyl (C=O) groups excluding carboxylic acids is 1. The third kappa shape index (κ3) is 3.10. The lowest BCUT2D eigenvalue weighted by molar-refractivity contribution is 0.0739. The van der Waals surface area contributed by atoms with Gasteiger partial charge in [-0.3, -0.25) is 4.79 Å². The van der Waals surface area contributed by atoms with E-state index < -0.39 is 0 Å². The van der Waals surface area contributed by atoms with Crippen LogP contribution in [0, 0.1) is 11.8 Å². The zero-order chi connectivity index (χ0) is 12.5. The van der Waals surface area contributed by atoms with Crippen LogP contribution in [0.5, 0.6) is 0 Å². The Hall–Kier alpha value is -0.900. The van der Waals surface area contributed by atoms with E-state index in [2.05, 4.69) is 25.8 Å². The van der Waals surface area contributed by atoms with Gasteiger partial charge in [-0.2, -0.15) is 0 Å². The summed E-state index contributed by atoms with van der Waals surface area (Å²) in [7, 11) is 0. The van der Waals surface area contributed by atoms with Crippen molar-refractivity contribution in [3.8, 4) is 0 Å². The lowest BCUT2D eigenvalue weighted by atomic mass is 10.2. The zero-order valence-electron chi connectivity index (χ0n) is 10.3. The Labute approximate surface area is 116 Å². The van der Waals surface area contributed by atoms with Gasteiger partial charge in [-0.1, -0.05) is 0 Å². The molecule has 1 heterocycles. The van der Waals surface area contributed by atoms with Crippen molar-refractivity contribution in [1.82, 2.24) is 9.88 Å². The molecule has 0 aliphatic heterocycles. The molecule has 3 rings (SSSR count). The molecule has 2 fully saturated rings. The standard InChI is InChI=1S/C14H17BrN2O/c15-13-7-12(5-6-16-13)14(18)17(8-10-1-2-10)9-11-3-4-11/h5-7,10-11H,1-4,8-9H2. The predicted octanol–water partition coefficient (Wildman–Crippen LogP) is 3.11. The van der Waals surface area contributed by atoms with Crippen LogP contribution in [0.2, 0.25) is 0 Å². The molecule has 2 saturated carbocycles. The topological polar surface area (TPSA) is 33.2 Å². The fourth-order valence-corrected chi connectivity index (χ4v) is 2.55. The number of hydrogen-bond donors (Lipinski definition) is 0. The van der Waals surface area contributed by atoms with E-state index in [9.17, 15) is 4.79 Å². The van der Waals surface area contributed by atoms with E-state index >= 15 is 0 Å². The molecule has 0 spiro atoms. The van der Waals surface area contributed by atoms with Gasteiger partial charge in [-0.05, 0) is 65.6 Å². The Bertz CT molecular complexity index is 441. The van der Waals surface area contributed by atoms with Crippen molar-refractivity contribution in [1.29, 1.82) is 0 Å². The third-order valence-electron chi connectivity index (χ3n) is 3.61. The summed E-state index contributed by atoms with van der Waals surface area (Å²) in [6.07, 6.45) is 6.83. The molecule has 1 aromatic heterocycles. The monoisotopic (exact) mass is 308 g/mol. The van der Waals surface area contributed by atoms with Crippen LogP contribution in [0.25, 0.3) is 0 Å². The normalized spacial score (nSPS) is 18.7. The fraction of sp³-hybridized carbons (Fsp3) is 0.571. The molecular weight excluding hydrogens is 292 g/mol. The molecule has 2 aliphatic carbocycles. The van der Waals surface area contributed by atoms with Crippen molar-refractivity contribution < 1.29 is 4.79 Å². The second kappa shape index (κ2) is 5.00. The van der Waals surface area contributed by atoms with Crippen molar-refractivity contribution >= 4 is 21.8 Å². The molecule has 18 heavy (non-hydrogen) atoms. The van der Waals surface area contributed by atoms with Crippen LogP contribution in [0.15, 0.2) is 22.9 Å². The van der Waals surface area contributed by atoms with Gasteiger partial charge in [0.2, 0.25) is 0 Å². The van der Waals surface area contributed by atoms with Gasteiger partial charge in [0.15, 0.2) is 0 Å². The van der Waals surface area contributed by atoms with E-state index in [1.54, 1.807) is 12.3 Å². The van der Waals surface area contributed by atoms with E-state index in [1.807, 2.05) is 6.07 Å². The Balaban J connectivity index is 1.72. The van der Waals surface area contributed by atoms with Crippen molar-refractivity contribution in [2.45, 2.75) is 25.7 Å². The summed E-state index contributed by atoms with van der Waals surface area (Å²) >= 11 is 3.32. The first kappa shape index (κ1) is 12.2. The number of amides is 1. The number of nitrogens with zero attached hydrogens (tertiary/aromatic N) is 2. The first-order valence-corrected chi connectivity index (χ1v) is 7.42. The molecule has 0 N–H and O–H groups in total. The van der Waals surface area contributed by atoms with Gasteiger partial charge >= 0.3 is 0 Å². The lowest BCUT2D eigenvalue weighted by Gasteiger charge is -2.22. The van der Waals surface area contributed by atoms with E-state index in [4.69, 9.17) is 0 Å². The van der Waals surface area contributed by atoms with Gasteiger partial charge in [0.25, 0.3) is 5.91 Å². The first-order chi connectivity index (χ1) is 8.72. The maximum atomic E-state index is 12.5. The summed E-state index contributed by atoms with van der Waals surface area (Å²) in [6.45, 7) is 1.88. The van der Waals surface area contributed by atoms with Crippen LogP contribution in [0.4, 0.5) is 0 Å². The molecule has 0 bridgehead atoms. The Morgan fingerprint density at radius 1 is 1.28 bits per heavy atom. The molecule has 2 aliphatic rings. The van der Waals surface area contributed by atoms with Gasteiger partial charge in [-0.25, -0.2) is 4.98 Å². The van der Waals surface area contributed by atoms with Crippen LogP contribution in [0.1, 0.15) is 36.0 Å². The Kier molecular flexibility index (Phi) is 3.37. The molecule has 1 aromatic rings. The largest absolute Gasteiger partial charge is 0.338 e. The minimum Gasteiger partial charge on any atom is -0.338 e. The number of halogens is 1. The smallest absolute Gasteiger partial charge is 0.254 e. The molecule has 96 valence electrons. The van der Waals surface area contributed by atoms with Gasteiger partial charge in [0.05, 0.1) is 0 Å². The van der Waals surface area contributed by atoms with Gasteiger partial charge < -0.3 is 4.90 Å². The highest BCUT2D eigenvalue weighted by atomic mass is 79.9. The quantitative estimate of drug-likeness (QED) is 0.783. The van der Waals surface area contributed by atoms with Crippen molar-refractivity contribution in [3.05, 3.63) is 28.5 Å². The molecule has 0 aromatic carbocycles. The summed E-state index contributed by atoms with van der Waals surface area (Å²) in [5.41, 5.74) is 0.748. The molecule has 0 atom stereocenters. The summed E-state index contributed by atoms with van der Waals surface area (Å²) in [6, 6.07) is 3.62. The summed E-state index contributed by atoms with van der Waals surface area (Å²) in [5, 5.41) is 0. The van der Waals surface area contributed by atoms with Gasteiger partial charge in [0, 0.05) is 24.8 Å². The maximum absolute atomic E-state index is 12.5. The summed E-state index contributed by atoms with van der Waals surface area (Å²) in [5.74, 6) is 1.66. The van der Waals surface area contributed by atoms with Crippen LogP contribution < -0.4 is 0 Å². The van der Waals surface area contributed by atoms with Gasteiger partial charge in [0.1, 0.15) is 4.60 Å². The minimum absolute atomic E-state index is 0.164. The Morgan fingerprint density at radius 3 is 2.39 bits per heavy atom. The van der Waals surface area contributed by atoms with Crippen molar-refractivity contribution in [2.24, 2.45) is 11.8 Å². The second-order valence-corrected chi connectivity index (χ2v) is 6.28.